The Morgan fingerprint density at radius 2 is 1.53 bits per heavy atom. The van der Waals surface area contributed by atoms with Crippen molar-refractivity contribution >= 4 is 23.4 Å². The molecule has 2 N–H and O–H groups in total. The van der Waals surface area contributed by atoms with Crippen LogP contribution in [0.3, 0.4) is 0 Å². The van der Waals surface area contributed by atoms with E-state index in [1.807, 2.05) is 6.07 Å². The molecule has 0 spiro atoms. The highest BCUT2D eigenvalue weighted by atomic mass is 19.1. The van der Waals surface area contributed by atoms with E-state index in [-0.39, 0.29) is 16.9 Å². The summed E-state index contributed by atoms with van der Waals surface area (Å²) in [4.78, 5) is 24.3. The number of rotatable bonds is 6. The lowest BCUT2D eigenvalue weighted by Gasteiger charge is -2.14. The molecule has 0 aromatic heterocycles. The second-order valence-electron chi connectivity index (χ2n) is 6.14. The largest absolute Gasteiger partial charge is 0.488 e. The Morgan fingerprint density at radius 3 is 2.20 bits per heavy atom. The third-order valence-electron chi connectivity index (χ3n) is 4.11. The molecule has 0 aliphatic carbocycles. The average Bonchev–Trinajstić information content (AvgIpc) is 2.74. The van der Waals surface area contributed by atoms with E-state index in [1.165, 1.54) is 31.4 Å². The maximum absolute atomic E-state index is 13.8. The molecule has 0 saturated heterocycles. The van der Waals surface area contributed by atoms with Crippen molar-refractivity contribution in [3.8, 4) is 5.75 Å². The second kappa shape index (κ2) is 9.51. The number of carbonyl (C=O) groups excluding carboxylic acids is 2. The molecule has 8 heteroatoms. The number of methoxy groups -OCH3 is 1. The van der Waals surface area contributed by atoms with Crippen molar-refractivity contribution in [3.63, 3.8) is 0 Å². The summed E-state index contributed by atoms with van der Waals surface area (Å²) in [6.45, 7) is -0.427. The molecule has 3 aromatic carbocycles. The molecule has 0 aliphatic rings. The number of amides is 2. The number of ether oxygens (including phenoxy) is 2. The van der Waals surface area contributed by atoms with Crippen molar-refractivity contribution < 1.29 is 27.8 Å². The first kappa shape index (κ1) is 20.8. The molecule has 6 nitrogen and oxygen atoms in total. The first-order valence-corrected chi connectivity index (χ1v) is 8.89. The molecule has 154 valence electrons. The van der Waals surface area contributed by atoms with Gasteiger partial charge in [0.2, 0.25) is 0 Å². The van der Waals surface area contributed by atoms with Crippen molar-refractivity contribution in [2.24, 2.45) is 0 Å². The zero-order chi connectivity index (χ0) is 21.5. The van der Waals surface area contributed by atoms with Gasteiger partial charge in [-0.3, -0.25) is 0 Å². The molecule has 3 aromatic rings. The van der Waals surface area contributed by atoms with Crippen molar-refractivity contribution in [1.29, 1.82) is 0 Å². The molecule has 0 bridgehead atoms. The molecule has 0 aliphatic heterocycles. The highest BCUT2D eigenvalue weighted by molar-refractivity contribution is 6.01. The van der Waals surface area contributed by atoms with Gasteiger partial charge < -0.3 is 20.1 Å². The van der Waals surface area contributed by atoms with E-state index < -0.39 is 30.2 Å². The number of anilines is 2. The van der Waals surface area contributed by atoms with E-state index in [1.54, 1.807) is 24.3 Å². The second-order valence-corrected chi connectivity index (χ2v) is 6.14. The lowest BCUT2D eigenvalue weighted by atomic mass is 10.1. The normalized spacial score (nSPS) is 10.2. The number of halogens is 2. The average molecular weight is 412 g/mol. The quantitative estimate of drug-likeness (QED) is 0.560. The molecule has 0 radical (unpaired) electrons. The van der Waals surface area contributed by atoms with Crippen molar-refractivity contribution in [2.75, 3.05) is 17.7 Å². The van der Waals surface area contributed by atoms with Gasteiger partial charge >= 0.3 is 12.0 Å². The molecule has 2 amide bonds. The summed E-state index contributed by atoms with van der Waals surface area (Å²) in [5.41, 5.74) is 0.618. The molecule has 3 rings (SSSR count). The summed E-state index contributed by atoms with van der Waals surface area (Å²) in [6, 6.07) is 16.0. The number of benzene rings is 3. The third kappa shape index (κ3) is 5.11. The first-order valence-electron chi connectivity index (χ1n) is 8.89. The summed E-state index contributed by atoms with van der Waals surface area (Å²) in [5, 5.41) is 5.24. The van der Waals surface area contributed by atoms with Crippen LogP contribution in [0.25, 0.3) is 0 Å². The van der Waals surface area contributed by atoms with E-state index in [9.17, 15) is 18.4 Å². The Hall–Kier alpha value is -3.94. The van der Waals surface area contributed by atoms with Gasteiger partial charge in [-0.25, -0.2) is 18.4 Å². The monoisotopic (exact) mass is 412 g/mol. The van der Waals surface area contributed by atoms with Crippen LogP contribution in [0.2, 0.25) is 0 Å². The van der Waals surface area contributed by atoms with Crippen LogP contribution < -0.4 is 15.4 Å². The number of para-hydroxylation sites is 1. The van der Waals surface area contributed by atoms with Crippen molar-refractivity contribution in [3.05, 3.63) is 89.5 Å². The van der Waals surface area contributed by atoms with Gasteiger partial charge in [0, 0.05) is 11.4 Å². The van der Waals surface area contributed by atoms with Crippen LogP contribution in [0, 0.1) is 11.6 Å². The van der Waals surface area contributed by atoms with Crippen molar-refractivity contribution in [2.45, 2.75) is 6.61 Å². The molecular formula is C22H18F2N2O4. The van der Waals surface area contributed by atoms with Crippen LogP contribution in [-0.2, 0) is 11.3 Å². The van der Waals surface area contributed by atoms with Gasteiger partial charge in [-0.15, -0.1) is 0 Å². The Morgan fingerprint density at radius 1 is 0.867 bits per heavy atom. The molecule has 0 saturated carbocycles. The Bertz CT molecular complexity index is 1040. The number of hydrogen-bond donors (Lipinski definition) is 2. The van der Waals surface area contributed by atoms with Gasteiger partial charge in [-0.2, -0.15) is 0 Å². The lowest BCUT2D eigenvalue weighted by Crippen LogP contribution is -2.19. The molecular weight excluding hydrogens is 394 g/mol. The van der Waals surface area contributed by atoms with E-state index >= 15 is 0 Å². The minimum atomic E-state index is -0.759. The van der Waals surface area contributed by atoms with Gasteiger partial charge in [-0.05, 0) is 42.5 Å². The lowest BCUT2D eigenvalue weighted by molar-refractivity contribution is 0.0595. The van der Waals surface area contributed by atoms with Gasteiger partial charge in [0.05, 0.1) is 12.7 Å². The van der Waals surface area contributed by atoms with E-state index in [2.05, 4.69) is 10.6 Å². The molecule has 0 heterocycles. The molecule has 30 heavy (non-hydrogen) atoms. The summed E-state index contributed by atoms with van der Waals surface area (Å²) in [7, 11) is 1.19. The van der Waals surface area contributed by atoms with Crippen molar-refractivity contribution in [1.82, 2.24) is 0 Å². The summed E-state index contributed by atoms with van der Waals surface area (Å²) < 4.78 is 37.8. The Labute approximate surface area is 171 Å². The fourth-order valence-electron chi connectivity index (χ4n) is 2.64. The standard InChI is InChI=1S/C22H18F2N2O4/c1-29-21(27)16-12-15(26-22(28)25-14-6-3-2-4-7-14)10-11-20(16)30-13-17-18(23)8-5-9-19(17)24/h2-12H,13H2,1H3,(H2,25,26,28). The maximum atomic E-state index is 13.8. The smallest absolute Gasteiger partial charge is 0.341 e. The molecule has 0 fully saturated rings. The third-order valence-corrected chi connectivity index (χ3v) is 4.11. The maximum Gasteiger partial charge on any atom is 0.341 e. The number of hydrogen-bond acceptors (Lipinski definition) is 4. The zero-order valence-electron chi connectivity index (χ0n) is 15.9. The first-order chi connectivity index (χ1) is 14.5. The van der Waals surface area contributed by atoms with Gasteiger partial charge in [0.15, 0.2) is 0 Å². The number of urea groups is 1. The number of esters is 1. The van der Waals surface area contributed by atoms with Crippen LogP contribution in [-0.4, -0.2) is 19.1 Å². The van der Waals surface area contributed by atoms with Crippen LogP contribution in [0.15, 0.2) is 66.7 Å². The predicted octanol–water partition coefficient (Wildman–Crippen LogP) is 4.97. The van der Waals surface area contributed by atoms with E-state index in [0.717, 1.165) is 12.1 Å². The minimum absolute atomic E-state index is 0.00763. The van der Waals surface area contributed by atoms with E-state index in [0.29, 0.717) is 11.4 Å². The summed E-state index contributed by atoms with van der Waals surface area (Å²) in [6.07, 6.45) is 0. The summed E-state index contributed by atoms with van der Waals surface area (Å²) >= 11 is 0. The minimum Gasteiger partial charge on any atom is -0.488 e. The van der Waals surface area contributed by atoms with Gasteiger partial charge in [0.25, 0.3) is 0 Å². The predicted molar refractivity (Wildman–Crippen MR) is 108 cm³/mol. The van der Waals surface area contributed by atoms with Gasteiger partial charge in [0.1, 0.15) is 29.6 Å². The fraction of sp³-hybridized carbons (Fsp3) is 0.0909. The molecule has 0 unspecified atom stereocenters. The highest BCUT2D eigenvalue weighted by Crippen LogP contribution is 2.26. The topological polar surface area (TPSA) is 76.7 Å². The van der Waals surface area contributed by atoms with E-state index in [4.69, 9.17) is 9.47 Å². The zero-order valence-corrected chi connectivity index (χ0v) is 15.9. The summed E-state index contributed by atoms with van der Waals surface area (Å²) in [5.74, 6) is -2.19. The molecule has 0 atom stereocenters. The number of carbonyl (C=O) groups is 2. The fourth-order valence-corrected chi connectivity index (χ4v) is 2.64. The van der Waals surface area contributed by atoms with Gasteiger partial charge in [-0.1, -0.05) is 24.3 Å². The highest BCUT2D eigenvalue weighted by Gasteiger charge is 2.17. The van der Waals surface area contributed by atoms with Crippen LogP contribution >= 0.6 is 0 Å². The van der Waals surface area contributed by atoms with Crippen LogP contribution in [0.5, 0.6) is 5.75 Å². The SMILES string of the molecule is COC(=O)c1cc(NC(=O)Nc2ccccc2)ccc1OCc1c(F)cccc1F. The van der Waals surface area contributed by atoms with Crippen LogP contribution in [0.4, 0.5) is 25.0 Å². The van der Waals surface area contributed by atoms with Crippen LogP contribution in [0.1, 0.15) is 15.9 Å². The Balaban J connectivity index is 1.76. The number of nitrogens with one attached hydrogen (secondary N) is 2. The Kier molecular flexibility index (Phi) is 6.59.